The van der Waals surface area contributed by atoms with E-state index in [9.17, 15) is 9.18 Å². The van der Waals surface area contributed by atoms with Crippen molar-refractivity contribution in [1.29, 1.82) is 0 Å². The Labute approximate surface area is 68.6 Å². The van der Waals surface area contributed by atoms with Gasteiger partial charge in [0, 0.05) is 0 Å². The fourth-order valence-corrected chi connectivity index (χ4v) is 0.672. The SMILES string of the molecule is NCC(=O)Nc1cccc(F)n1. The summed E-state index contributed by atoms with van der Waals surface area (Å²) in [5, 5.41) is 2.32. The molecule has 0 saturated carbocycles. The van der Waals surface area contributed by atoms with Crippen molar-refractivity contribution in [2.24, 2.45) is 5.73 Å². The molecular weight excluding hydrogens is 161 g/mol. The van der Waals surface area contributed by atoms with Crippen LogP contribution in [0.5, 0.6) is 0 Å². The van der Waals surface area contributed by atoms with Gasteiger partial charge in [0.05, 0.1) is 6.54 Å². The number of nitrogens with two attached hydrogens (primary N) is 1. The lowest BCUT2D eigenvalue weighted by molar-refractivity contribution is -0.114. The Morgan fingerprint density at radius 1 is 1.67 bits per heavy atom. The molecule has 0 bridgehead atoms. The smallest absolute Gasteiger partial charge is 0.239 e. The van der Waals surface area contributed by atoms with Crippen molar-refractivity contribution in [3.05, 3.63) is 24.1 Å². The van der Waals surface area contributed by atoms with Gasteiger partial charge in [0.15, 0.2) is 0 Å². The number of carbonyl (C=O) groups is 1. The normalized spacial score (nSPS) is 9.50. The Hall–Kier alpha value is -1.49. The Morgan fingerprint density at radius 3 is 3.00 bits per heavy atom. The van der Waals surface area contributed by atoms with Crippen LogP contribution in [0.2, 0.25) is 0 Å². The molecule has 1 rings (SSSR count). The van der Waals surface area contributed by atoms with Gasteiger partial charge in [-0.25, -0.2) is 4.98 Å². The zero-order valence-corrected chi connectivity index (χ0v) is 6.25. The van der Waals surface area contributed by atoms with Crippen molar-refractivity contribution < 1.29 is 9.18 Å². The fraction of sp³-hybridized carbons (Fsp3) is 0.143. The van der Waals surface area contributed by atoms with E-state index in [1.54, 1.807) is 0 Å². The number of nitrogens with zero attached hydrogens (tertiary/aromatic N) is 1. The summed E-state index contributed by atoms with van der Waals surface area (Å²) in [5.41, 5.74) is 5.02. The number of anilines is 1. The monoisotopic (exact) mass is 169 g/mol. The highest BCUT2D eigenvalue weighted by Crippen LogP contribution is 2.02. The molecule has 0 aliphatic rings. The van der Waals surface area contributed by atoms with Gasteiger partial charge >= 0.3 is 0 Å². The molecule has 0 saturated heterocycles. The van der Waals surface area contributed by atoms with Crippen LogP contribution in [0.25, 0.3) is 0 Å². The molecule has 4 nitrogen and oxygen atoms in total. The van der Waals surface area contributed by atoms with E-state index in [2.05, 4.69) is 10.3 Å². The third-order valence-corrected chi connectivity index (χ3v) is 1.17. The maximum atomic E-state index is 12.4. The van der Waals surface area contributed by atoms with Crippen LogP contribution in [-0.4, -0.2) is 17.4 Å². The molecule has 0 atom stereocenters. The summed E-state index contributed by atoms with van der Waals surface area (Å²) in [6.07, 6.45) is 0. The molecule has 0 aliphatic heterocycles. The van der Waals surface area contributed by atoms with Crippen molar-refractivity contribution >= 4 is 11.7 Å². The van der Waals surface area contributed by atoms with Gasteiger partial charge in [0.1, 0.15) is 5.82 Å². The molecular formula is C7H8FN3O. The first kappa shape index (κ1) is 8.61. The topological polar surface area (TPSA) is 68.0 Å². The van der Waals surface area contributed by atoms with Crippen LogP contribution in [0.15, 0.2) is 18.2 Å². The molecule has 3 N–H and O–H groups in total. The first-order valence-corrected chi connectivity index (χ1v) is 3.35. The average Bonchev–Trinajstić information content (AvgIpc) is 2.04. The van der Waals surface area contributed by atoms with E-state index in [1.807, 2.05) is 0 Å². The summed E-state index contributed by atoms with van der Waals surface area (Å²) in [7, 11) is 0. The highest BCUT2D eigenvalue weighted by Gasteiger charge is 2.00. The first-order valence-electron chi connectivity index (χ1n) is 3.35. The number of nitrogens with one attached hydrogen (secondary N) is 1. The van der Waals surface area contributed by atoms with Gasteiger partial charge < -0.3 is 11.1 Å². The Bertz CT molecular complexity index is 290. The second-order valence-electron chi connectivity index (χ2n) is 2.10. The molecule has 12 heavy (non-hydrogen) atoms. The Balaban J connectivity index is 2.69. The van der Waals surface area contributed by atoms with Crippen LogP contribution in [0.1, 0.15) is 0 Å². The summed E-state index contributed by atoms with van der Waals surface area (Å²) in [4.78, 5) is 14.1. The van der Waals surface area contributed by atoms with Gasteiger partial charge in [-0.05, 0) is 12.1 Å². The number of amides is 1. The maximum absolute atomic E-state index is 12.4. The van der Waals surface area contributed by atoms with E-state index in [0.717, 1.165) is 0 Å². The van der Waals surface area contributed by atoms with Crippen molar-refractivity contribution in [1.82, 2.24) is 4.98 Å². The van der Waals surface area contributed by atoms with Crippen LogP contribution in [0.3, 0.4) is 0 Å². The van der Waals surface area contributed by atoms with E-state index in [1.165, 1.54) is 18.2 Å². The second-order valence-corrected chi connectivity index (χ2v) is 2.10. The fourth-order valence-electron chi connectivity index (χ4n) is 0.672. The number of halogens is 1. The highest BCUT2D eigenvalue weighted by molar-refractivity contribution is 5.91. The molecule has 0 fully saturated rings. The van der Waals surface area contributed by atoms with Gasteiger partial charge in [-0.2, -0.15) is 4.39 Å². The van der Waals surface area contributed by atoms with E-state index in [0.29, 0.717) is 0 Å². The number of rotatable bonds is 2. The van der Waals surface area contributed by atoms with Crippen molar-refractivity contribution in [2.75, 3.05) is 11.9 Å². The Kier molecular flexibility index (Phi) is 2.71. The van der Waals surface area contributed by atoms with Gasteiger partial charge in [0.2, 0.25) is 11.9 Å². The largest absolute Gasteiger partial charge is 0.322 e. The molecule has 0 unspecified atom stereocenters. The van der Waals surface area contributed by atoms with E-state index < -0.39 is 11.9 Å². The summed E-state index contributed by atoms with van der Waals surface area (Å²) in [5.74, 6) is -0.858. The van der Waals surface area contributed by atoms with Crippen LogP contribution < -0.4 is 11.1 Å². The predicted octanol–water partition coefficient (Wildman–Crippen LogP) is 0.118. The van der Waals surface area contributed by atoms with E-state index in [-0.39, 0.29) is 12.4 Å². The summed E-state index contributed by atoms with van der Waals surface area (Å²) in [6.45, 7) is -0.141. The minimum Gasteiger partial charge on any atom is -0.322 e. The van der Waals surface area contributed by atoms with Crippen LogP contribution in [0, 0.1) is 5.95 Å². The van der Waals surface area contributed by atoms with Gasteiger partial charge in [-0.3, -0.25) is 4.79 Å². The molecule has 0 spiro atoms. The lowest BCUT2D eigenvalue weighted by atomic mass is 10.4. The lowest BCUT2D eigenvalue weighted by Gasteiger charge is -2.00. The minimum absolute atomic E-state index is 0.141. The van der Waals surface area contributed by atoms with Gasteiger partial charge in [-0.1, -0.05) is 6.07 Å². The van der Waals surface area contributed by atoms with E-state index >= 15 is 0 Å². The quantitative estimate of drug-likeness (QED) is 0.618. The van der Waals surface area contributed by atoms with Crippen molar-refractivity contribution in [2.45, 2.75) is 0 Å². The molecule has 0 aromatic carbocycles. The molecule has 1 aromatic heterocycles. The number of pyridine rings is 1. The minimum atomic E-state index is -0.634. The Morgan fingerprint density at radius 2 is 2.42 bits per heavy atom. The van der Waals surface area contributed by atoms with Crippen LogP contribution in [0.4, 0.5) is 10.2 Å². The summed E-state index contributed by atoms with van der Waals surface area (Å²) >= 11 is 0. The molecule has 0 radical (unpaired) electrons. The molecule has 5 heteroatoms. The highest BCUT2D eigenvalue weighted by atomic mass is 19.1. The molecule has 1 heterocycles. The van der Waals surface area contributed by atoms with Crippen LogP contribution in [-0.2, 0) is 4.79 Å². The van der Waals surface area contributed by atoms with E-state index in [4.69, 9.17) is 5.73 Å². The average molecular weight is 169 g/mol. The van der Waals surface area contributed by atoms with Crippen LogP contribution >= 0.6 is 0 Å². The molecule has 64 valence electrons. The summed E-state index contributed by atoms with van der Waals surface area (Å²) in [6, 6.07) is 4.13. The second kappa shape index (κ2) is 3.77. The van der Waals surface area contributed by atoms with Gasteiger partial charge in [0.25, 0.3) is 0 Å². The van der Waals surface area contributed by atoms with Crippen molar-refractivity contribution in [3.63, 3.8) is 0 Å². The number of hydrogen-bond donors (Lipinski definition) is 2. The zero-order chi connectivity index (χ0) is 8.97. The van der Waals surface area contributed by atoms with Gasteiger partial charge in [-0.15, -0.1) is 0 Å². The molecule has 1 amide bonds. The zero-order valence-electron chi connectivity index (χ0n) is 6.25. The predicted molar refractivity (Wildman–Crippen MR) is 41.9 cm³/mol. The lowest BCUT2D eigenvalue weighted by Crippen LogP contribution is -2.22. The van der Waals surface area contributed by atoms with Crippen molar-refractivity contribution in [3.8, 4) is 0 Å². The first-order chi connectivity index (χ1) is 5.72. The standard InChI is InChI=1S/C7H8FN3O/c8-5-2-1-3-6(10-5)11-7(12)4-9/h1-3H,4,9H2,(H,10,11,12). The summed E-state index contributed by atoms with van der Waals surface area (Å²) < 4.78 is 12.4. The molecule has 0 aliphatic carbocycles. The number of aromatic nitrogens is 1. The third kappa shape index (κ3) is 2.28. The number of hydrogen-bond acceptors (Lipinski definition) is 3. The maximum Gasteiger partial charge on any atom is 0.239 e. The molecule has 1 aromatic rings. The number of carbonyl (C=O) groups excluding carboxylic acids is 1. The third-order valence-electron chi connectivity index (χ3n) is 1.17.